The second kappa shape index (κ2) is 11.7. The molecule has 0 saturated carbocycles. The monoisotopic (exact) mass is 509 g/mol. The fraction of sp³-hybridized carbons (Fsp3) is 0.259. The van der Waals surface area contributed by atoms with E-state index < -0.39 is 28.5 Å². The highest BCUT2D eigenvalue weighted by atomic mass is 32.2. The van der Waals surface area contributed by atoms with E-state index in [9.17, 15) is 18.0 Å². The molecule has 8 nitrogen and oxygen atoms in total. The number of likely N-dealkylation sites (N-methyl/N-ethyl adjacent to an activating group) is 1. The summed E-state index contributed by atoms with van der Waals surface area (Å²) < 4.78 is 33.6. The Labute approximate surface area is 212 Å². The number of anilines is 1. The lowest BCUT2D eigenvalue weighted by molar-refractivity contribution is -0.139. The van der Waals surface area contributed by atoms with Gasteiger partial charge in [0, 0.05) is 13.6 Å². The number of benzene rings is 3. The number of hydrogen-bond acceptors (Lipinski definition) is 5. The van der Waals surface area contributed by atoms with E-state index in [0.29, 0.717) is 11.4 Å². The van der Waals surface area contributed by atoms with E-state index in [4.69, 9.17) is 4.74 Å². The van der Waals surface area contributed by atoms with Crippen LogP contribution in [0.2, 0.25) is 0 Å². The lowest BCUT2D eigenvalue weighted by Crippen LogP contribution is -2.50. The van der Waals surface area contributed by atoms with Gasteiger partial charge in [0.25, 0.3) is 10.0 Å². The minimum absolute atomic E-state index is 0.0541. The molecule has 0 spiro atoms. The Hall–Kier alpha value is -3.85. The van der Waals surface area contributed by atoms with Crippen molar-refractivity contribution in [3.05, 3.63) is 90.0 Å². The number of hydrogen-bond donors (Lipinski definition) is 1. The molecule has 0 fully saturated rings. The number of rotatable bonds is 10. The van der Waals surface area contributed by atoms with Gasteiger partial charge in [-0.25, -0.2) is 8.42 Å². The minimum Gasteiger partial charge on any atom is -0.497 e. The predicted molar refractivity (Wildman–Crippen MR) is 139 cm³/mol. The summed E-state index contributed by atoms with van der Waals surface area (Å²) in [6.45, 7) is 3.21. The van der Waals surface area contributed by atoms with Gasteiger partial charge in [-0.3, -0.25) is 13.9 Å². The smallest absolute Gasteiger partial charge is 0.264 e. The number of carbonyl (C=O) groups is 2. The molecular weight excluding hydrogens is 478 g/mol. The zero-order valence-corrected chi connectivity index (χ0v) is 21.7. The number of nitrogens with zero attached hydrogens (tertiary/aromatic N) is 2. The summed E-state index contributed by atoms with van der Waals surface area (Å²) in [6, 6.07) is 21.1. The lowest BCUT2D eigenvalue weighted by Gasteiger charge is -2.32. The van der Waals surface area contributed by atoms with Gasteiger partial charge in [0.1, 0.15) is 18.3 Å². The Morgan fingerprint density at radius 3 is 2.14 bits per heavy atom. The van der Waals surface area contributed by atoms with Crippen molar-refractivity contribution >= 4 is 27.5 Å². The highest BCUT2D eigenvalue weighted by Crippen LogP contribution is 2.26. The average Bonchev–Trinajstić information content (AvgIpc) is 2.90. The fourth-order valence-corrected chi connectivity index (χ4v) is 5.19. The first-order valence-electron chi connectivity index (χ1n) is 11.5. The molecule has 0 bridgehead atoms. The Balaban J connectivity index is 2.03. The van der Waals surface area contributed by atoms with E-state index >= 15 is 0 Å². The molecule has 0 saturated heterocycles. The van der Waals surface area contributed by atoms with E-state index in [2.05, 4.69) is 5.32 Å². The van der Waals surface area contributed by atoms with Crippen LogP contribution in [-0.2, 0) is 26.2 Å². The van der Waals surface area contributed by atoms with E-state index in [1.165, 1.54) is 31.2 Å². The summed E-state index contributed by atoms with van der Waals surface area (Å²) in [5.41, 5.74) is 2.13. The number of sulfonamides is 1. The first-order chi connectivity index (χ1) is 17.2. The molecule has 0 aromatic heterocycles. The normalized spacial score (nSPS) is 11.9. The van der Waals surface area contributed by atoms with Crippen molar-refractivity contribution in [1.29, 1.82) is 0 Å². The molecule has 0 aliphatic carbocycles. The van der Waals surface area contributed by atoms with Crippen LogP contribution in [0.25, 0.3) is 0 Å². The molecule has 9 heteroatoms. The Bertz CT molecular complexity index is 1290. The molecule has 0 heterocycles. The van der Waals surface area contributed by atoms with E-state index in [-0.39, 0.29) is 17.3 Å². The maximum Gasteiger partial charge on any atom is 0.264 e. The fourth-order valence-electron chi connectivity index (χ4n) is 3.76. The van der Waals surface area contributed by atoms with Crippen molar-refractivity contribution in [2.75, 3.05) is 25.0 Å². The summed E-state index contributed by atoms with van der Waals surface area (Å²) in [7, 11) is -1.08. The lowest BCUT2D eigenvalue weighted by atomic mass is 10.1. The maximum atomic E-state index is 13.7. The highest BCUT2D eigenvalue weighted by molar-refractivity contribution is 7.92. The van der Waals surface area contributed by atoms with Gasteiger partial charge in [-0.2, -0.15) is 0 Å². The number of ether oxygens (including phenoxy) is 1. The first kappa shape index (κ1) is 26.7. The molecule has 0 aliphatic rings. The molecule has 1 atom stereocenters. The molecule has 3 rings (SSSR count). The van der Waals surface area contributed by atoms with Crippen LogP contribution in [0.1, 0.15) is 18.1 Å². The van der Waals surface area contributed by atoms with E-state index in [0.717, 1.165) is 15.4 Å². The van der Waals surface area contributed by atoms with E-state index in [1.54, 1.807) is 49.4 Å². The van der Waals surface area contributed by atoms with Crippen LogP contribution in [0.4, 0.5) is 5.69 Å². The van der Waals surface area contributed by atoms with Gasteiger partial charge in [0.15, 0.2) is 0 Å². The van der Waals surface area contributed by atoms with E-state index in [1.807, 2.05) is 31.2 Å². The minimum atomic E-state index is -4.09. The summed E-state index contributed by atoms with van der Waals surface area (Å²) in [6.07, 6.45) is 0. The maximum absolute atomic E-state index is 13.7. The second-order valence-corrected chi connectivity index (χ2v) is 10.1. The Kier molecular flexibility index (Phi) is 8.71. The molecule has 0 unspecified atom stereocenters. The van der Waals surface area contributed by atoms with Crippen LogP contribution in [0, 0.1) is 6.92 Å². The molecule has 3 aromatic carbocycles. The quantitative estimate of drug-likeness (QED) is 0.452. The predicted octanol–water partition coefficient (Wildman–Crippen LogP) is 3.36. The van der Waals surface area contributed by atoms with Gasteiger partial charge in [-0.15, -0.1) is 0 Å². The highest BCUT2D eigenvalue weighted by Gasteiger charge is 2.32. The first-order valence-corrected chi connectivity index (χ1v) is 12.9. The number of amides is 2. The van der Waals surface area contributed by atoms with Crippen molar-refractivity contribution in [3.8, 4) is 5.75 Å². The van der Waals surface area contributed by atoms with Gasteiger partial charge >= 0.3 is 0 Å². The molecule has 36 heavy (non-hydrogen) atoms. The number of methoxy groups -OCH3 is 1. The molecule has 0 radical (unpaired) electrons. The third-order valence-corrected chi connectivity index (χ3v) is 7.77. The second-order valence-electron chi connectivity index (χ2n) is 8.26. The molecule has 190 valence electrons. The molecule has 1 N–H and O–H groups in total. The molecule has 2 amide bonds. The standard InChI is InChI=1S/C27H31N3O5S/c1-20-10-8-9-11-22(20)18-29(21(2)27(32)28-3)26(31)19-30(23-14-16-24(35-4)17-15-23)36(33,34)25-12-6-5-7-13-25/h5-17,21H,18-19H2,1-4H3,(H,28,32)/t21-/m0/s1. The van der Waals surface area contributed by atoms with Crippen LogP contribution in [0.15, 0.2) is 83.8 Å². The van der Waals surface area contributed by atoms with Gasteiger partial charge < -0.3 is 15.0 Å². The van der Waals surface area contributed by atoms with Gasteiger partial charge in [-0.05, 0) is 61.4 Å². The summed E-state index contributed by atoms with van der Waals surface area (Å²) in [5.74, 6) is -0.305. The zero-order chi connectivity index (χ0) is 26.3. The van der Waals surface area contributed by atoms with Gasteiger partial charge in [-0.1, -0.05) is 42.5 Å². The third-order valence-electron chi connectivity index (χ3n) is 5.99. The van der Waals surface area contributed by atoms with Gasteiger partial charge in [0.2, 0.25) is 11.8 Å². The van der Waals surface area contributed by atoms with Crippen LogP contribution in [-0.4, -0.2) is 51.9 Å². The van der Waals surface area contributed by atoms with Crippen LogP contribution < -0.4 is 14.4 Å². The van der Waals surface area contributed by atoms with Crippen molar-refractivity contribution in [2.45, 2.75) is 31.3 Å². The number of nitrogens with one attached hydrogen (secondary N) is 1. The molecule has 3 aromatic rings. The topological polar surface area (TPSA) is 96.0 Å². The summed E-state index contributed by atoms with van der Waals surface area (Å²) >= 11 is 0. The average molecular weight is 510 g/mol. The Morgan fingerprint density at radius 1 is 0.944 bits per heavy atom. The Morgan fingerprint density at radius 2 is 1.56 bits per heavy atom. The SMILES string of the molecule is CNC(=O)[C@H](C)N(Cc1ccccc1C)C(=O)CN(c1ccc(OC)cc1)S(=O)(=O)c1ccccc1. The molecule has 0 aliphatic heterocycles. The summed E-state index contributed by atoms with van der Waals surface area (Å²) in [5, 5.41) is 2.58. The third kappa shape index (κ3) is 6.04. The van der Waals surface area contributed by atoms with Crippen LogP contribution >= 0.6 is 0 Å². The van der Waals surface area contributed by atoms with Crippen molar-refractivity contribution < 1.29 is 22.7 Å². The largest absolute Gasteiger partial charge is 0.497 e. The number of aryl methyl sites for hydroxylation is 1. The molecular formula is C27H31N3O5S. The summed E-state index contributed by atoms with van der Waals surface area (Å²) in [4.78, 5) is 27.7. The van der Waals surface area contributed by atoms with Gasteiger partial charge in [0.05, 0.1) is 17.7 Å². The van der Waals surface area contributed by atoms with Crippen molar-refractivity contribution in [3.63, 3.8) is 0 Å². The number of carbonyl (C=O) groups excluding carboxylic acids is 2. The van der Waals surface area contributed by atoms with Crippen LogP contribution in [0.5, 0.6) is 5.75 Å². The van der Waals surface area contributed by atoms with Crippen LogP contribution in [0.3, 0.4) is 0 Å². The van der Waals surface area contributed by atoms with Crippen molar-refractivity contribution in [1.82, 2.24) is 10.2 Å². The van der Waals surface area contributed by atoms with Crippen molar-refractivity contribution in [2.24, 2.45) is 0 Å². The zero-order valence-electron chi connectivity index (χ0n) is 20.8.